The predicted octanol–water partition coefficient (Wildman–Crippen LogP) is 4.20. The predicted molar refractivity (Wildman–Crippen MR) is 135 cm³/mol. The number of methoxy groups -OCH3 is 1. The number of halogens is 1. The maximum absolute atomic E-state index is 13.5. The van der Waals surface area contributed by atoms with Crippen molar-refractivity contribution < 1.29 is 22.7 Å². The summed E-state index contributed by atoms with van der Waals surface area (Å²) in [6.45, 7) is 1.62. The van der Waals surface area contributed by atoms with Crippen molar-refractivity contribution in [1.82, 2.24) is 5.43 Å². The zero-order valence-corrected chi connectivity index (χ0v) is 21.0. The van der Waals surface area contributed by atoms with Crippen molar-refractivity contribution in [2.75, 3.05) is 24.6 Å². The van der Waals surface area contributed by atoms with E-state index in [1.807, 2.05) is 6.07 Å². The fraction of sp³-hybridized carbons (Fsp3) is 0.167. The molecule has 0 fully saturated rings. The van der Waals surface area contributed by atoms with E-state index in [9.17, 15) is 13.2 Å². The van der Waals surface area contributed by atoms with E-state index in [4.69, 9.17) is 9.47 Å². The van der Waals surface area contributed by atoms with Crippen molar-refractivity contribution in [3.63, 3.8) is 0 Å². The molecule has 34 heavy (non-hydrogen) atoms. The van der Waals surface area contributed by atoms with E-state index < -0.39 is 22.5 Å². The zero-order chi connectivity index (χ0) is 24.6. The van der Waals surface area contributed by atoms with E-state index in [2.05, 4.69) is 26.5 Å². The third kappa shape index (κ3) is 6.15. The fourth-order valence-electron chi connectivity index (χ4n) is 3.11. The molecule has 0 aliphatic carbocycles. The lowest BCUT2D eigenvalue weighted by Gasteiger charge is -2.25. The molecule has 0 heterocycles. The van der Waals surface area contributed by atoms with E-state index in [1.54, 1.807) is 61.5 Å². The lowest BCUT2D eigenvalue weighted by atomic mass is 10.2. The number of hydrazone groups is 1. The van der Waals surface area contributed by atoms with E-state index in [0.717, 1.165) is 8.78 Å². The van der Waals surface area contributed by atoms with Crippen molar-refractivity contribution in [2.45, 2.75) is 11.8 Å². The first kappa shape index (κ1) is 25.3. The molecular weight excluding hydrogens is 522 g/mol. The van der Waals surface area contributed by atoms with Gasteiger partial charge in [0, 0.05) is 10.0 Å². The number of carbonyl (C=O) groups excluding carboxylic acids is 1. The number of para-hydroxylation sites is 2. The Morgan fingerprint density at radius 2 is 1.76 bits per heavy atom. The Morgan fingerprint density at radius 1 is 1.06 bits per heavy atom. The summed E-state index contributed by atoms with van der Waals surface area (Å²) in [6, 6.07) is 19.9. The highest BCUT2D eigenvalue weighted by atomic mass is 79.9. The number of nitrogens with one attached hydrogen (secondary N) is 1. The highest BCUT2D eigenvalue weighted by Crippen LogP contribution is 2.32. The van der Waals surface area contributed by atoms with Gasteiger partial charge in [-0.1, -0.05) is 46.3 Å². The number of hydrogen-bond acceptors (Lipinski definition) is 6. The number of rotatable bonds is 10. The summed E-state index contributed by atoms with van der Waals surface area (Å²) in [7, 11) is -2.54. The number of hydrogen-bond donors (Lipinski definition) is 1. The third-order valence-corrected chi connectivity index (χ3v) is 6.90. The summed E-state index contributed by atoms with van der Waals surface area (Å²) in [5, 5.41) is 3.97. The van der Waals surface area contributed by atoms with Gasteiger partial charge in [0.15, 0.2) is 0 Å². The summed E-state index contributed by atoms with van der Waals surface area (Å²) in [6.07, 6.45) is 1.42. The Morgan fingerprint density at radius 3 is 2.47 bits per heavy atom. The molecule has 1 amide bonds. The molecule has 0 aromatic heterocycles. The lowest BCUT2D eigenvalue weighted by molar-refractivity contribution is -0.119. The van der Waals surface area contributed by atoms with Crippen LogP contribution in [0.1, 0.15) is 12.5 Å². The van der Waals surface area contributed by atoms with Crippen LogP contribution in [0.4, 0.5) is 5.69 Å². The standard InChI is InChI=1S/C24H24BrN3O5S/c1-3-33-23-12-8-7-11-21(23)28(34(30,31)20-9-5-4-6-10-20)17-24(29)27-26-16-18-15-19(25)13-14-22(18)32-2/h4-16H,3,17H2,1-2H3,(H,27,29)/b26-16+. The molecule has 1 N–H and O–H groups in total. The van der Waals surface area contributed by atoms with Crippen LogP contribution < -0.4 is 19.2 Å². The molecule has 3 aromatic carbocycles. The largest absolute Gasteiger partial charge is 0.496 e. The van der Waals surface area contributed by atoms with E-state index in [1.165, 1.54) is 25.5 Å². The first-order valence-electron chi connectivity index (χ1n) is 10.3. The van der Waals surface area contributed by atoms with Crippen LogP contribution in [0.15, 0.2) is 87.3 Å². The monoisotopic (exact) mass is 545 g/mol. The summed E-state index contributed by atoms with van der Waals surface area (Å²) in [5.74, 6) is 0.288. The zero-order valence-electron chi connectivity index (χ0n) is 18.6. The molecule has 8 nitrogen and oxygen atoms in total. The maximum Gasteiger partial charge on any atom is 0.264 e. The van der Waals surface area contributed by atoms with Gasteiger partial charge in [0.2, 0.25) is 0 Å². The molecule has 0 saturated heterocycles. The summed E-state index contributed by atoms with van der Waals surface area (Å²) < 4.78 is 39.7. The van der Waals surface area contributed by atoms with Crippen LogP contribution in [0.3, 0.4) is 0 Å². The topological polar surface area (TPSA) is 97.3 Å². The normalized spacial score (nSPS) is 11.3. The van der Waals surface area contributed by atoms with Crippen LogP contribution in [-0.2, 0) is 14.8 Å². The quantitative estimate of drug-likeness (QED) is 0.304. The molecule has 0 bridgehead atoms. The number of nitrogens with zero attached hydrogens (tertiary/aromatic N) is 2. The van der Waals surface area contributed by atoms with Gasteiger partial charge >= 0.3 is 0 Å². The van der Waals surface area contributed by atoms with Gasteiger partial charge < -0.3 is 9.47 Å². The molecule has 0 aliphatic heterocycles. The Labute approximate surface area is 207 Å². The molecule has 0 radical (unpaired) electrons. The second-order valence-corrected chi connectivity index (χ2v) is 9.68. The Kier molecular flexibility index (Phi) is 8.67. The summed E-state index contributed by atoms with van der Waals surface area (Å²) in [5.41, 5.74) is 3.27. The van der Waals surface area contributed by atoms with Crippen molar-refractivity contribution in [3.05, 3.63) is 82.8 Å². The van der Waals surface area contributed by atoms with E-state index in [-0.39, 0.29) is 10.6 Å². The number of benzene rings is 3. The van der Waals surface area contributed by atoms with Gasteiger partial charge in [-0.2, -0.15) is 5.10 Å². The number of anilines is 1. The number of carbonyl (C=O) groups is 1. The highest BCUT2D eigenvalue weighted by molar-refractivity contribution is 9.10. The second kappa shape index (κ2) is 11.7. The van der Waals surface area contributed by atoms with Crippen LogP contribution >= 0.6 is 15.9 Å². The summed E-state index contributed by atoms with van der Waals surface area (Å²) in [4.78, 5) is 12.8. The van der Waals surface area contributed by atoms with Gasteiger partial charge in [-0.25, -0.2) is 13.8 Å². The van der Waals surface area contributed by atoms with E-state index >= 15 is 0 Å². The Hall–Kier alpha value is -3.37. The molecule has 0 aliphatic rings. The molecule has 0 unspecified atom stereocenters. The molecule has 10 heteroatoms. The molecule has 178 valence electrons. The van der Waals surface area contributed by atoms with Crippen LogP contribution in [-0.4, -0.2) is 40.8 Å². The minimum absolute atomic E-state index is 0.0523. The first-order chi connectivity index (χ1) is 16.4. The van der Waals surface area contributed by atoms with Gasteiger partial charge in [0.05, 0.1) is 30.5 Å². The molecule has 3 aromatic rings. The van der Waals surface area contributed by atoms with Crippen molar-refractivity contribution in [1.29, 1.82) is 0 Å². The molecule has 3 rings (SSSR count). The van der Waals surface area contributed by atoms with E-state index in [0.29, 0.717) is 23.7 Å². The molecule has 0 atom stereocenters. The van der Waals surface area contributed by atoms with Gasteiger partial charge in [0.25, 0.3) is 15.9 Å². The van der Waals surface area contributed by atoms with Crippen LogP contribution in [0.25, 0.3) is 0 Å². The smallest absolute Gasteiger partial charge is 0.264 e. The van der Waals surface area contributed by atoms with Crippen LogP contribution in [0.5, 0.6) is 11.5 Å². The molecule has 0 saturated carbocycles. The molecule has 0 spiro atoms. The minimum atomic E-state index is -4.07. The third-order valence-electron chi connectivity index (χ3n) is 4.64. The number of ether oxygens (including phenoxy) is 2. The van der Waals surface area contributed by atoms with Crippen molar-refractivity contribution in [2.24, 2.45) is 5.10 Å². The van der Waals surface area contributed by atoms with Crippen LogP contribution in [0, 0.1) is 0 Å². The fourth-order valence-corrected chi connectivity index (χ4v) is 4.94. The second-order valence-electron chi connectivity index (χ2n) is 6.90. The maximum atomic E-state index is 13.5. The number of sulfonamides is 1. The minimum Gasteiger partial charge on any atom is -0.496 e. The molecular formula is C24H24BrN3O5S. The highest BCUT2D eigenvalue weighted by Gasteiger charge is 2.29. The van der Waals surface area contributed by atoms with Crippen molar-refractivity contribution in [3.8, 4) is 11.5 Å². The van der Waals surface area contributed by atoms with Crippen molar-refractivity contribution >= 4 is 43.8 Å². The van der Waals surface area contributed by atoms with Gasteiger partial charge in [0.1, 0.15) is 18.0 Å². The summed E-state index contributed by atoms with van der Waals surface area (Å²) >= 11 is 3.38. The lowest BCUT2D eigenvalue weighted by Crippen LogP contribution is -2.39. The van der Waals surface area contributed by atoms with Gasteiger partial charge in [-0.15, -0.1) is 0 Å². The Balaban J connectivity index is 1.89. The average molecular weight is 546 g/mol. The van der Waals surface area contributed by atoms with Gasteiger partial charge in [-0.3, -0.25) is 9.10 Å². The van der Waals surface area contributed by atoms with Crippen LogP contribution in [0.2, 0.25) is 0 Å². The first-order valence-corrected chi connectivity index (χ1v) is 12.5. The Bertz CT molecular complexity index is 1270. The SMILES string of the molecule is CCOc1ccccc1N(CC(=O)N/N=C/c1cc(Br)ccc1OC)S(=O)(=O)c1ccccc1. The average Bonchev–Trinajstić information content (AvgIpc) is 2.84. The number of amides is 1. The van der Waals surface area contributed by atoms with Gasteiger partial charge in [-0.05, 0) is 49.4 Å².